The molecule has 4 nitrogen and oxygen atoms in total. The zero-order valence-corrected chi connectivity index (χ0v) is 15.1. The molecule has 5 rings (SSSR count). The molecule has 134 valence electrons. The minimum absolute atomic E-state index is 0.854. The summed E-state index contributed by atoms with van der Waals surface area (Å²) in [6.45, 7) is 6.77. The number of H-pyrrole nitrogens is 1. The van der Waals surface area contributed by atoms with Gasteiger partial charge in [-0.3, -0.25) is 4.90 Å². The van der Waals surface area contributed by atoms with Crippen LogP contribution in [0.2, 0.25) is 0 Å². The molecule has 0 atom stereocenters. The molecule has 0 spiro atoms. The number of nitrogens with one attached hydrogen (secondary N) is 2. The van der Waals surface area contributed by atoms with Gasteiger partial charge in [-0.1, -0.05) is 36.4 Å². The van der Waals surface area contributed by atoms with Crippen LogP contribution >= 0.6 is 0 Å². The number of rotatable bonds is 3. The van der Waals surface area contributed by atoms with E-state index in [1.54, 1.807) is 0 Å². The number of nitrogens with zero attached hydrogens (tertiary/aromatic N) is 1. The van der Waals surface area contributed by atoms with Crippen LogP contribution in [0.5, 0.6) is 0 Å². The number of aromatic nitrogens is 1. The summed E-state index contributed by atoms with van der Waals surface area (Å²) in [6, 6.07) is 15.7. The molecule has 26 heavy (non-hydrogen) atoms. The molecule has 1 fully saturated rings. The van der Waals surface area contributed by atoms with Crippen LogP contribution in [0.1, 0.15) is 16.7 Å². The molecule has 0 unspecified atom stereocenters. The van der Waals surface area contributed by atoms with Gasteiger partial charge < -0.3 is 15.0 Å². The minimum atomic E-state index is 0.854. The molecule has 0 bridgehead atoms. The van der Waals surface area contributed by atoms with Crippen molar-refractivity contribution in [2.45, 2.75) is 19.5 Å². The fraction of sp³-hybridized carbons (Fsp3) is 0.364. The molecule has 1 aromatic heterocycles. The zero-order chi connectivity index (χ0) is 17.3. The fourth-order valence-corrected chi connectivity index (χ4v) is 4.27. The first-order valence-electron chi connectivity index (χ1n) is 9.61. The first-order valence-corrected chi connectivity index (χ1v) is 9.61. The van der Waals surface area contributed by atoms with Crippen LogP contribution < -0.4 is 5.32 Å². The van der Waals surface area contributed by atoms with E-state index in [2.05, 4.69) is 57.7 Å². The highest BCUT2D eigenvalue weighted by Gasteiger charge is 2.18. The van der Waals surface area contributed by atoms with Crippen molar-refractivity contribution >= 4 is 10.9 Å². The van der Waals surface area contributed by atoms with Crippen LogP contribution in [-0.2, 0) is 24.2 Å². The van der Waals surface area contributed by atoms with E-state index in [0.717, 1.165) is 52.4 Å². The molecule has 2 N–H and O–H groups in total. The number of hydrogen-bond acceptors (Lipinski definition) is 3. The van der Waals surface area contributed by atoms with Crippen molar-refractivity contribution in [3.05, 3.63) is 59.2 Å². The van der Waals surface area contributed by atoms with Crippen molar-refractivity contribution in [1.29, 1.82) is 0 Å². The minimum Gasteiger partial charge on any atom is -0.379 e. The van der Waals surface area contributed by atoms with Crippen molar-refractivity contribution in [2.24, 2.45) is 0 Å². The highest BCUT2D eigenvalue weighted by molar-refractivity contribution is 5.93. The topological polar surface area (TPSA) is 40.3 Å². The van der Waals surface area contributed by atoms with Gasteiger partial charge in [0, 0.05) is 42.8 Å². The second-order valence-corrected chi connectivity index (χ2v) is 7.33. The maximum Gasteiger partial charge on any atom is 0.0594 e. The van der Waals surface area contributed by atoms with E-state index in [0.29, 0.717) is 0 Å². The van der Waals surface area contributed by atoms with Crippen molar-refractivity contribution in [2.75, 3.05) is 32.8 Å². The molecule has 2 aliphatic rings. The maximum absolute atomic E-state index is 5.44. The monoisotopic (exact) mass is 347 g/mol. The average Bonchev–Trinajstić information content (AvgIpc) is 2.91. The first kappa shape index (κ1) is 16.1. The second-order valence-electron chi connectivity index (χ2n) is 7.33. The van der Waals surface area contributed by atoms with Gasteiger partial charge in [-0.05, 0) is 41.3 Å². The number of ether oxygens (including phenoxy) is 1. The fourth-order valence-electron chi connectivity index (χ4n) is 4.27. The predicted octanol–water partition coefficient (Wildman–Crippen LogP) is 3.31. The molecular weight excluding hydrogens is 322 g/mol. The van der Waals surface area contributed by atoms with Gasteiger partial charge in [0.2, 0.25) is 0 Å². The van der Waals surface area contributed by atoms with Crippen LogP contribution in [0.25, 0.3) is 22.2 Å². The SMILES string of the molecule is c1cc2c3c(c(-c4ccc(CN5CCOCC5)cc4)[nH]c3c1)CCNC2. The molecule has 0 saturated carbocycles. The Kier molecular flexibility index (Phi) is 4.25. The molecule has 1 saturated heterocycles. The number of aromatic amines is 1. The molecule has 0 radical (unpaired) electrons. The van der Waals surface area contributed by atoms with Crippen LogP contribution in [0.15, 0.2) is 42.5 Å². The van der Waals surface area contributed by atoms with E-state index in [1.807, 2.05) is 0 Å². The Morgan fingerprint density at radius 1 is 1.00 bits per heavy atom. The van der Waals surface area contributed by atoms with Gasteiger partial charge in [-0.2, -0.15) is 0 Å². The van der Waals surface area contributed by atoms with Crippen molar-refractivity contribution in [3.63, 3.8) is 0 Å². The van der Waals surface area contributed by atoms with Crippen LogP contribution in [-0.4, -0.2) is 42.7 Å². The van der Waals surface area contributed by atoms with Gasteiger partial charge in [0.25, 0.3) is 0 Å². The molecule has 4 heteroatoms. The summed E-state index contributed by atoms with van der Waals surface area (Å²) < 4.78 is 5.44. The average molecular weight is 347 g/mol. The van der Waals surface area contributed by atoms with Gasteiger partial charge in [0.05, 0.1) is 13.2 Å². The van der Waals surface area contributed by atoms with Crippen LogP contribution in [0.4, 0.5) is 0 Å². The lowest BCUT2D eigenvalue weighted by atomic mass is 10.00. The molecule has 3 aromatic rings. The Morgan fingerprint density at radius 2 is 1.85 bits per heavy atom. The lowest BCUT2D eigenvalue weighted by Gasteiger charge is -2.26. The van der Waals surface area contributed by atoms with E-state index in [-0.39, 0.29) is 0 Å². The number of benzene rings is 2. The quantitative estimate of drug-likeness (QED) is 0.764. The largest absolute Gasteiger partial charge is 0.379 e. The third-order valence-corrected chi connectivity index (χ3v) is 5.63. The molecule has 2 aliphatic heterocycles. The smallest absolute Gasteiger partial charge is 0.0594 e. The van der Waals surface area contributed by atoms with E-state index in [9.17, 15) is 0 Å². The summed E-state index contributed by atoms with van der Waals surface area (Å²) >= 11 is 0. The van der Waals surface area contributed by atoms with Gasteiger partial charge in [0.1, 0.15) is 0 Å². The molecule has 3 heterocycles. The van der Waals surface area contributed by atoms with Crippen LogP contribution in [0.3, 0.4) is 0 Å². The molecule has 0 aliphatic carbocycles. The van der Waals surface area contributed by atoms with Crippen molar-refractivity contribution in [1.82, 2.24) is 15.2 Å². The normalized spacial score (nSPS) is 18.2. The highest BCUT2D eigenvalue weighted by Crippen LogP contribution is 2.34. The summed E-state index contributed by atoms with van der Waals surface area (Å²) in [4.78, 5) is 6.15. The van der Waals surface area contributed by atoms with Gasteiger partial charge in [-0.25, -0.2) is 0 Å². The molecular formula is C22H25N3O. The predicted molar refractivity (Wildman–Crippen MR) is 105 cm³/mol. The third-order valence-electron chi connectivity index (χ3n) is 5.63. The van der Waals surface area contributed by atoms with E-state index in [4.69, 9.17) is 4.74 Å². The Hall–Kier alpha value is -2.14. The van der Waals surface area contributed by atoms with E-state index in [1.165, 1.54) is 38.9 Å². The standard InChI is InChI=1S/C22H25N3O/c1-2-18-14-23-9-8-19-21(18)20(3-1)24-22(19)17-6-4-16(5-7-17)15-25-10-12-26-13-11-25/h1-7,23-24H,8-15H2. The van der Waals surface area contributed by atoms with Gasteiger partial charge in [-0.15, -0.1) is 0 Å². The third kappa shape index (κ3) is 2.94. The summed E-state index contributed by atoms with van der Waals surface area (Å²) in [6.07, 6.45) is 1.07. The Labute approximate surface area is 154 Å². The highest BCUT2D eigenvalue weighted by atomic mass is 16.5. The summed E-state index contributed by atoms with van der Waals surface area (Å²) in [5.74, 6) is 0. The zero-order valence-electron chi connectivity index (χ0n) is 15.1. The van der Waals surface area contributed by atoms with E-state index >= 15 is 0 Å². The molecule has 0 amide bonds. The van der Waals surface area contributed by atoms with Crippen LogP contribution in [0, 0.1) is 0 Å². The summed E-state index contributed by atoms with van der Waals surface area (Å²) in [7, 11) is 0. The Morgan fingerprint density at radius 3 is 2.69 bits per heavy atom. The Bertz CT molecular complexity index is 907. The van der Waals surface area contributed by atoms with Crippen molar-refractivity contribution < 1.29 is 4.74 Å². The summed E-state index contributed by atoms with van der Waals surface area (Å²) in [5.41, 5.74) is 8.07. The maximum atomic E-state index is 5.44. The van der Waals surface area contributed by atoms with Crippen molar-refractivity contribution in [3.8, 4) is 11.3 Å². The molecule has 2 aromatic carbocycles. The number of morpholine rings is 1. The number of hydrogen-bond donors (Lipinski definition) is 2. The lowest BCUT2D eigenvalue weighted by molar-refractivity contribution is 0.0342. The summed E-state index contributed by atoms with van der Waals surface area (Å²) in [5, 5.41) is 4.97. The van der Waals surface area contributed by atoms with E-state index < -0.39 is 0 Å². The lowest BCUT2D eigenvalue weighted by Crippen LogP contribution is -2.35. The van der Waals surface area contributed by atoms with Gasteiger partial charge in [0.15, 0.2) is 0 Å². The second kappa shape index (κ2) is 6.88. The van der Waals surface area contributed by atoms with Gasteiger partial charge >= 0.3 is 0 Å². The first-order chi connectivity index (χ1) is 12.9. The Balaban J connectivity index is 1.47.